The predicted octanol–water partition coefficient (Wildman–Crippen LogP) is 0.461. The molecule has 0 spiro atoms. The number of rotatable bonds is 3. The van der Waals surface area contributed by atoms with Crippen LogP contribution in [0.5, 0.6) is 6.01 Å². The van der Waals surface area contributed by atoms with E-state index in [2.05, 4.69) is 25.5 Å². The normalized spacial score (nSPS) is 9.81. The van der Waals surface area contributed by atoms with E-state index in [1.54, 1.807) is 18.3 Å². The van der Waals surface area contributed by atoms with Crippen LogP contribution in [0.2, 0.25) is 0 Å². The Hall–Kier alpha value is -2.44. The number of amides is 1. The van der Waals surface area contributed by atoms with Crippen LogP contribution in [0.25, 0.3) is 0 Å². The molecule has 0 bridgehead atoms. The quantitative estimate of drug-likeness (QED) is 0.782. The average Bonchev–Trinajstić information content (AvgIpc) is 2.78. The molecular formula is C9H9N5O2. The zero-order valence-electron chi connectivity index (χ0n) is 8.47. The zero-order valence-corrected chi connectivity index (χ0v) is 8.47. The van der Waals surface area contributed by atoms with Gasteiger partial charge >= 0.3 is 6.01 Å². The molecule has 0 atom stereocenters. The highest BCUT2D eigenvalue weighted by molar-refractivity contribution is 6.03. The molecule has 2 aromatic heterocycles. The molecule has 0 unspecified atom stereocenters. The molecule has 0 aromatic carbocycles. The molecular weight excluding hydrogens is 210 g/mol. The first-order chi connectivity index (χ1) is 7.79. The summed E-state index contributed by atoms with van der Waals surface area (Å²) in [7, 11) is 1.44. The fourth-order valence-corrected chi connectivity index (χ4v) is 1.07. The van der Waals surface area contributed by atoms with E-state index < -0.39 is 0 Å². The predicted molar refractivity (Wildman–Crippen MR) is 55.1 cm³/mol. The van der Waals surface area contributed by atoms with Crippen molar-refractivity contribution >= 4 is 11.9 Å². The van der Waals surface area contributed by atoms with Crippen molar-refractivity contribution in [1.82, 2.24) is 20.2 Å². The van der Waals surface area contributed by atoms with Crippen LogP contribution in [0, 0.1) is 0 Å². The van der Waals surface area contributed by atoms with E-state index in [4.69, 9.17) is 4.74 Å². The zero-order chi connectivity index (χ0) is 11.4. The average molecular weight is 219 g/mol. The van der Waals surface area contributed by atoms with Gasteiger partial charge < -0.3 is 4.74 Å². The summed E-state index contributed by atoms with van der Waals surface area (Å²) < 4.78 is 4.77. The summed E-state index contributed by atoms with van der Waals surface area (Å²) in [6, 6.07) is 3.49. The van der Waals surface area contributed by atoms with Crippen molar-refractivity contribution in [2.45, 2.75) is 0 Å². The molecule has 2 aromatic rings. The summed E-state index contributed by atoms with van der Waals surface area (Å²) >= 11 is 0. The Morgan fingerprint density at radius 1 is 1.56 bits per heavy atom. The topological polar surface area (TPSA) is 92.8 Å². The van der Waals surface area contributed by atoms with Crippen LogP contribution in [0.4, 0.5) is 5.95 Å². The van der Waals surface area contributed by atoms with Crippen molar-refractivity contribution in [2.75, 3.05) is 12.4 Å². The molecule has 0 saturated heterocycles. The molecule has 16 heavy (non-hydrogen) atoms. The van der Waals surface area contributed by atoms with E-state index in [1.807, 2.05) is 0 Å². The van der Waals surface area contributed by atoms with Crippen LogP contribution in [0.3, 0.4) is 0 Å². The molecule has 82 valence electrons. The number of pyridine rings is 1. The number of nitrogens with zero attached hydrogens (tertiary/aromatic N) is 3. The highest BCUT2D eigenvalue weighted by atomic mass is 16.5. The van der Waals surface area contributed by atoms with E-state index in [0.717, 1.165) is 0 Å². The van der Waals surface area contributed by atoms with Gasteiger partial charge in [0.15, 0.2) is 0 Å². The minimum absolute atomic E-state index is 0.168. The molecule has 0 aliphatic carbocycles. The first-order valence-corrected chi connectivity index (χ1v) is 4.47. The van der Waals surface area contributed by atoms with Gasteiger partial charge in [-0.05, 0) is 12.1 Å². The van der Waals surface area contributed by atoms with Crippen molar-refractivity contribution in [1.29, 1.82) is 0 Å². The first-order valence-electron chi connectivity index (χ1n) is 4.47. The van der Waals surface area contributed by atoms with E-state index in [9.17, 15) is 4.79 Å². The van der Waals surface area contributed by atoms with Crippen molar-refractivity contribution in [3.05, 3.63) is 30.1 Å². The summed E-state index contributed by atoms with van der Waals surface area (Å²) in [5.74, 6) is -0.0855. The fraction of sp³-hybridized carbons (Fsp3) is 0.111. The number of hydrogen-bond donors (Lipinski definition) is 2. The van der Waals surface area contributed by atoms with Gasteiger partial charge in [-0.15, -0.1) is 5.10 Å². The lowest BCUT2D eigenvalue weighted by Gasteiger charge is -1.99. The van der Waals surface area contributed by atoms with Gasteiger partial charge in [-0.3, -0.25) is 15.1 Å². The number of aromatic amines is 1. The second-order valence-corrected chi connectivity index (χ2v) is 2.87. The molecule has 1 amide bonds. The number of aromatic nitrogens is 4. The maximum atomic E-state index is 11.6. The number of ether oxygens (including phenoxy) is 1. The lowest BCUT2D eigenvalue weighted by molar-refractivity contribution is 0.102. The van der Waals surface area contributed by atoms with Crippen LogP contribution < -0.4 is 10.1 Å². The highest BCUT2D eigenvalue weighted by Crippen LogP contribution is 2.06. The minimum atomic E-state index is -0.313. The molecule has 0 saturated carbocycles. The summed E-state index contributed by atoms with van der Waals surface area (Å²) in [6.07, 6.45) is 3.05. The molecule has 2 rings (SSSR count). The number of anilines is 1. The van der Waals surface area contributed by atoms with Crippen molar-refractivity contribution in [2.24, 2.45) is 0 Å². The van der Waals surface area contributed by atoms with Gasteiger partial charge in [-0.1, -0.05) is 0 Å². The van der Waals surface area contributed by atoms with Gasteiger partial charge in [0, 0.05) is 12.4 Å². The van der Waals surface area contributed by atoms with Gasteiger partial charge in [0.05, 0.1) is 12.7 Å². The molecule has 7 nitrogen and oxygen atoms in total. The Morgan fingerprint density at radius 2 is 2.44 bits per heavy atom. The largest absolute Gasteiger partial charge is 0.466 e. The van der Waals surface area contributed by atoms with Crippen LogP contribution >= 0.6 is 0 Å². The van der Waals surface area contributed by atoms with Crippen LogP contribution in [-0.4, -0.2) is 33.2 Å². The Labute approximate surface area is 90.9 Å². The molecule has 2 heterocycles. The maximum Gasteiger partial charge on any atom is 0.336 e. The van der Waals surface area contributed by atoms with Crippen LogP contribution in [0.1, 0.15) is 10.4 Å². The van der Waals surface area contributed by atoms with Gasteiger partial charge in [0.25, 0.3) is 5.91 Å². The van der Waals surface area contributed by atoms with E-state index in [0.29, 0.717) is 5.56 Å². The smallest absolute Gasteiger partial charge is 0.336 e. The summed E-state index contributed by atoms with van der Waals surface area (Å²) in [5, 5.41) is 8.74. The van der Waals surface area contributed by atoms with Crippen molar-refractivity contribution < 1.29 is 9.53 Å². The third-order valence-corrected chi connectivity index (χ3v) is 1.80. The number of nitrogens with one attached hydrogen (secondary N) is 2. The number of carbonyl (C=O) groups excluding carboxylic acids is 1. The number of methoxy groups -OCH3 is 1. The van der Waals surface area contributed by atoms with E-state index in [1.165, 1.54) is 13.3 Å². The number of H-pyrrole nitrogens is 1. The molecule has 0 radical (unpaired) electrons. The lowest BCUT2D eigenvalue weighted by atomic mass is 10.3. The number of carbonyl (C=O) groups is 1. The van der Waals surface area contributed by atoms with Crippen LogP contribution in [-0.2, 0) is 0 Å². The number of hydrogen-bond acceptors (Lipinski definition) is 5. The lowest BCUT2D eigenvalue weighted by Crippen LogP contribution is -2.13. The Balaban J connectivity index is 2.08. The highest BCUT2D eigenvalue weighted by Gasteiger charge is 2.09. The van der Waals surface area contributed by atoms with Gasteiger partial charge in [0.1, 0.15) is 0 Å². The minimum Gasteiger partial charge on any atom is -0.466 e. The molecule has 7 heteroatoms. The fourth-order valence-electron chi connectivity index (χ4n) is 1.07. The second-order valence-electron chi connectivity index (χ2n) is 2.87. The standard InChI is InChI=1S/C9H9N5O2/c1-16-9-12-8(13-14-9)11-7(15)6-3-2-4-10-5-6/h2-5H,1H3,(H2,11,12,13,14,15). The molecule has 0 aliphatic heterocycles. The third kappa shape index (κ3) is 2.14. The third-order valence-electron chi connectivity index (χ3n) is 1.80. The first kappa shape index (κ1) is 10.1. The van der Waals surface area contributed by atoms with Gasteiger partial charge in [0.2, 0.25) is 5.95 Å². The van der Waals surface area contributed by atoms with E-state index >= 15 is 0 Å². The molecule has 2 N–H and O–H groups in total. The molecule has 0 fully saturated rings. The monoisotopic (exact) mass is 219 g/mol. The Kier molecular flexibility index (Phi) is 2.77. The second kappa shape index (κ2) is 4.39. The van der Waals surface area contributed by atoms with Gasteiger partial charge in [-0.2, -0.15) is 4.98 Å². The molecule has 0 aliphatic rings. The van der Waals surface area contributed by atoms with Crippen molar-refractivity contribution in [3.63, 3.8) is 0 Å². The van der Waals surface area contributed by atoms with Gasteiger partial charge in [-0.25, -0.2) is 5.10 Å². The van der Waals surface area contributed by atoms with Crippen molar-refractivity contribution in [3.8, 4) is 6.01 Å². The Bertz CT molecular complexity index is 482. The SMILES string of the molecule is COc1n[nH]c(NC(=O)c2cccnc2)n1. The Morgan fingerprint density at radius 3 is 3.06 bits per heavy atom. The summed E-state index contributed by atoms with van der Waals surface area (Å²) in [6.45, 7) is 0. The summed E-state index contributed by atoms with van der Waals surface area (Å²) in [4.78, 5) is 19.3. The summed E-state index contributed by atoms with van der Waals surface area (Å²) in [5.41, 5.74) is 0.442. The van der Waals surface area contributed by atoms with E-state index in [-0.39, 0.29) is 17.9 Å². The van der Waals surface area contributed by atoms with Crippen LogP contribution in [0.15, 0.2) is 24.5 Å². The maximum absolute atomic E-state index is 11.6.